The summed E-state index contributed by atoms with van der Waals surface area (Å²) in [6.45, 7) is 0. The van der Waals surface area contributed by atoms with Gasteiger partial charge in [-0.3, -0.25) is 0 Å². The predicted octanol–water partition coefficient (Wildman–Crippen LogP) is 0.843. The Morgan fingerprint density at radius 2 is 2.23 bits per heavy atom. The minimum Gasteiger partial charge on any atom is -0.549 e. The maximum atomic E-state index is 10.6. The van der Waals surface area contributed by atoms with Crippen molar-refractivity contribution >= 4 is 17.7 Å². The van der Waals surface area contributed by atoms with Gasteiger partial charge in [-0.2, -0.15) is 0 Å². The van der Waals surface area contributed by atoms with Crippen LogP contribution in [-0.4, -0.2) is 11.2 Å². The largest absolute Gasteiger partial charge is 0.549 e. The number of aryl methyl sites for hydroxylation is 1. The Bertz CT molecular complexity index is 335. The van der Waals surface area contributed by atoms with Gasteiger partial charge in [0.1, 0.15) is 0 Å². The van der Waals surface area contributed by atoms with E-state index in [2.05, 4.69) is 0 Å². The molecule has 0 aliphatic carbocycles. The molecule has 0 spiro atoms. The van der Waals surface area contributed by atoms with Gasteiger partial charge in [-0.05, 0) is 24.5 Å². The minimum atomic E-state index is -0.945. The fraction of sp³-hybridized carbons (Fsp3) is 0.300. The predicted molar refractivity (Wildman–Crippen MR) is 49.4 cm³/mol. The summed E-state index contributed by atoms with van der Waals surface area (Å²) in [4.78, 5) is 11.7. The molecule has 68 valence electrons. The number of aliphatic carboxylic acids is 1. The molecule has 0 bridgehead atoms. The number of benzene rings is 1. The monoisotopic (exact) mass is 193 g/mol. The van der Waals surface area contributed by atoms with Crippen LogP contribution in [0.2, 0.25) is 0 Å². The highest BCUT2D eigenvalue weighted by Crippen LogP contribution is 2.34. The van der Waals surface area contributed by atoms with E-state index in [1.165, 1.54) is 17.3 Å². The molecule has 0 saturated carbocycles. The van der Waals surface area contributed by atoms with Crippen LogP contribution in [0.25, 0.3) is 0 Å². The van der Waals surface area contributed by atoms with Crippen LogP contribution in [0.1, 0.15) is 12.0 Å². The first-order chi connectivity index (χ1) is 6.27. The lowest BCUT2D eigenvalue weighted by Gasteiger charge is -2.24. The van der Waals surface area contributed by atoms with Crippen LogP contribution in [0.4, 0.5) is 0 Å². The summed E-state index contributed by atoms with van der Waals surface area (Å²) in [5.41, 5.74) is 1.25. The van der Waals surface area contributed by atoms with Crippen molar-refractivity contribution in [1.82, 2.24) is 0 Å². The van der Waals surface area contributed by atoms with E-state index in [0.29, 0.717) is 6.42 Å². The topological polar surface area (TPSA) is 40.1 Å². The maximum Gasteiger partial charge on any atom is 0.0548 e. The summed E-state index contributed by atoms with van der Waals surface area (Å²) < 4.78 is 0. The third-order valence-corrected chi connectivity index (χ3v) is 3.55. The van der Waals surface area contributed by atoms with Gasteiger partial charge < -0.3 is 9.90 Å². The number of carboxylic acid groups (broad SMARTS) is 1. The molecule has 0 aromatic heterocycles. The molecule has 1 atom stereocenters. The Hall–Kier alpha value is -0.960. The molecule has 2 nitrogen and oxygen atoms in total. The standard InChI is InChI=1S/C10H10O2S/c11-10(12)9-6-5-7-3-1-2-4-8(7)13-9/h1-4,9H,5-6H2,(H,11,12)/p-1. The summed E-state index contributed by atoms with van der Waals surface area (Å²) >= 11 is 1.40. The van der Waals surface area contributed by atoms with Gasteiger partial charge in [-0.15, -0.1) is 11.8 Å². The van der Waals surface area contributed by atoms with E-state index in [1.54, 1.807) is 0 Å². The van der Waals surface area contributed by atoms with Gasteiger partial charge in [-0.1, -0.05) is 18.2 Å². The Balaban J connectivity index is 2.24. The van der Waals surface area contributed by atoms with E-state index in [9.17, 15) is 9.90 Å². The van der Waals surface area contributed by atoms with Crippen LogP contribution in [0.15, 0.2) is 29.2 Å². The molecule has 0 saturated heterocycles. The van der Waals surface area contributed by atoms with Crippen molar-refractivity contribution < 1.29 is 9.90 Å². The van der Waals surface area contributed by atoms with Crippen LogP contribution in [-0.2, 0) is 11.2 Å². The quantitative estimate of drug-likeness (QED) is 0.663. The van der Waals surface area contributed by atoms with E-state index >= 15 is 0 Å². The summed E-state index contributed by atoms with van der Waals surface area (Å²) in [5, 5.41) is 10.3. The normalized spacial score (nSPS) is 20.8. The number of hydrogen-bond acceptors (Lipinski definition) is 3. The van der Waals surface area contributed by atoms with Gasteiger partial charge in [0.05, 0.1) is 5.97 Å². The number of carboxylic acids is 1. The molecule has 1 aliphatic rings. The summed E-state index contributed by atoms with van der Waals surface area (Å²) in [6, 6.07) is 7.94. The number of hydrogen-bond donors (Lipinski definition) is 0. The lowest BCUT2D eigenvalue weighted by atomic mass is 10.1. The van der Waals surface area contributed by atoms with Crippen LogP contribution in [0.5, 0.6) is 0 Å². The molecule has 0 amide bonds. The molecular weight excluding hydrogens is 184 g/mol. The van der Waals surface area contributed by atoms with Gasteiger partial charge in [0.25, 0.3) is 0 Å². The summed E-state index contributed by atoms with van der Waals surface area (Å²) in [7, 11) is 0. The van der Waals surface area contributed by atoms with Gasteiger partial charge in [0, 0.05) is 10.1 Å². The van der Waals surface area contributed by atoms with Crippen molar-refractivity contribution in [2.24, 2.45) is 0 Å². The molecule has 1 aliphatic heterocycles. The average molecular weight is 193 g/mol. The third kappa shape index (κ3) is 1.70. The zero-order valence-electron chi connectivity index (χ0n) is 7.03. The summed E-state index contributed by atoms with van der Waals surface area (Å²) in [5.74, 6) is -0.945. The van der Waals surface area contributed by atoms with Crippen LogP contribution >= 0.6 is 11.8 Å². The number of fused-ring (bicyclic) bond motifs is 1. The fourth-order valence-corrected chi connectivity index (χ4v) is 2.61. The third-order valence-electron chi connectivity index (χ3n) is 2.18. The summed E-state index contributed by atoms with van der Waals surface area (Å²) in [6.07, 6.45) is 1.53. The number of rotatable bonds is 1. The number of thioether (sulfide) groups is 1. The zero-order valence-corrected chi connectivity index (χ0v) is 7.84. The highest BCUT2D eigenvalue weighted by Gasteiger charge is 2.19. The first-order valence-corrected chi connectivity index (χ1v) is 5.11. The number of carbonyl (C=O) groups excluding carboxylic acids is 1. The second kappa shape index (κ2) is 3.42. The SMILES string of the molecule is O=C([O-])C1CCc2ccccc2S1. The Morgan fingerprint density at radius 3 is 3.00 bits per heavy atom. The minimum absolute atomic E-state index is 0.366. The Kier molecular flexibility index (Phi) is 2.27. The number of carbonyl (C=O) groups is 1. The average Bonchev–Trinajstić information content (AvgIpc) is 2.17. The zero-order chi connectivity index (χ0) is 9.26. The van der Waals surface area contributed by atoms with Gasteiger partial charge in [0.2, 0.25) is 0 Å². The molecular formula is C10H9O2S-. The van der Waals surface area contributed by atoms with Gasteiger partial charge >= 0.3 is 0 Å². The van der Waals surface area contributed by atoms with Crippen molar-refractivity contribution in [1.29, 1.82) is 0 Å². The molecule has 0 fully saturated rings. The lowest BCUT2D eigenvalue weighted by molar-refractivity contribution is -0.304. The van der Waals surface area contributed by atoms with Crippen molar-refractivity contribution in [3.05, 3.63) is 29.8 Å². The molecule has 0 N–H and O–H groups in total. The van der Waals surface area contributed by atoms with Crippen LogP contribution < -0.4 is 5.11 Å². The van der Waals surface area contributed by atoms with E-state index in [0.717, 1.165) is 11.3 Å². The van der Waals surface area contributed by atoms with Crippen LogP contribution in [0, 0.1) is 0 Å². The molecule has 13 heavy (non-hydrogen) atoms. The van der Waals surface area contributed by atoms with E-state index in [4.69, 9.17) is 0 Å². The molecule has 1 aromatic rings. The van der Waals surface area contributed by atoms with Gasteiger partial charge in [-0.25, -0.2) is 0 Å². The molecule has 1 aromatic carbocycles. The fourth-order valence-electron chi connectivity index (χ4n) is 1.49. The Morgan fingerprint density at radius 1 is 1.46 bits per heavy atom. The second-order valence-corrected chi connectivity index (χ2v) is 4.32. The van der Waals surface area contributed by atoms with Crippen LogP contribution in [0.3, 0.4) is 0 Å². The van der Waals surface area contributed by atoms with Crippen molar-refractivity contribution in [3.8, 4) is 0 Å². The van der Waals surface area contributed by atoms with Crippen molar-refractivity contribution in [3.63, 3.8) is 0 Å². The maximum absolute atomic E-state index is 10.6. The molecule has 1 unspecified atom stereocenters. The Labute approximate surface area is 81.0 Å². The first kappa shape index (κ1) is 8.63. The highest BCUT2D eigenvalue weighted by molar-refractivity contribution is 8.00. The van der Waals surface area contributed by atoms with E-state index in [-0.39, 0.29) is 5.25 Å². The molecule has 3 heteroatoms. The smallest absolute Gasteiger partial charge is 0.0548 e. The van der Waals surface area contributed by atoms with Crippen molar-refractivity contribution in [2.75, 3.05) is 0 Å². The molecule has 2 rings (SSSR count). The lowest BCUT2D eigenvalue weighted by Crippen LogP contribution is -2.35. The highest BCUT2D eigenvalue weighted by atomic mass is 32.2. The van der Waals surface area contributed by atoms with E-state index < -0.39 is 5.97 Å². The molecule has 0 radical (unpaired) electrons. The first-order valence-electron chi connectivity index (χ1n) is 4.23. The molecule has 1 heterocycles. The van der Waals surface area contributed by atoms with Crippen molar-refractivity contribution in [2.45, 2.75) is 23.0 Å². The second-order valence-electron chi connectivity index (χ2n) is 3.07. The van der Waals surface area contributed by atoms with E-state index in [1.807, 2.05) is 24.3 Å². The van der Waals surface area contributed by atoms with Gasteiger partial charge in [0.15, 0.2) is 0 Å².